The van der Waals surface area contributed by atoms with Crippen molar-refractivity contribution in [3.63, 3.8) is 0 Å². The topological polar surface area (TPSA) is 80.9 Å². The highest BCUT2D eigenvalue weighted by Crippen LogP contribution is 2.10. The van der Waals surface area contributed by atoms with E-state index in [1.807, 2.05) is 0 Å². The highest BCUT2D eigenvalue weighted by molar-refractivity contribution is 5.82. The van der Waals surface area contributed by atoms with Gasteiger partial charge in [-0.1, -0.05) is 64.7 Å². The van der Waals surface area contributed by atoms with Gasteiger partial charge in [-0.15, -0.1) is 5.10 Å². The number of hydrogen-bond donors (Lipinski definition) is 1. The minimum absolute atomic E-state index is 0.0686. The maximum absolute atomic E-state index is 10.8. The number of aromatic carboxylic acids is 1. The number of unbranched alkanes of at least 4 members (excludes halogenated alkanes) is 9. The maximum Gasteiger partial charge on any atom is 0.375 e. The van der Waals surface area contributed by atoms with Crippen LogP contribution in [0.1, 0.15) is 81.8 Å². The molecule has 0 spiro atoms. The molecule has 0 radical (unpaired) electrons. The summed E-state index contributed by atoms with van der Waals surface area (Å²) in [6.07, 6.45) is 12.6. The molecule has 0 aliphatic carbocycles. The molecular weight excluding hydrogens is 256 g/mol. The van der Waals surface area contributed by atoms with Crippen molar-refractivity contribution in [3.8, 4) is 0 Å². The number of aromatic nitrogens is 4. The van der Waals surface area contributed by atoms with Gasteiger partial charge in [0.1, 0.15) is 0 Å². The van der Waals surface area contributed by atoms with Gasteiger partial charge in [-0.05, 0) is 16.8 Å². The van der Waals surface area contributed by atoms with Gasteiger partial charge in [0.2, 0.25) is 0 Å². The second-order valence-corrected chi connectivity index (χ2v) is 5.21. The number of carboxylic acid groups (broad SMARTS) is 1. The number of rotatable bonds is 12. The molecule has 0 atom stereocenters. The molecule has 0 saturated heterocycles. The van der Waals surface area contributed by atoms with Crippen LogP contribution in [0.25, 0.3) is 0 Å². The number of carbonyl (C=O) groups is 1. The third kappa shape index (κ3) is 6.63. The van der Waals surface area contributed by atoms with E-state index < -0.39 is 5.97 Å². The van der Waals surface area contributed by atoms with Gasteiger partial charge in [0.25, 0.3) is 5.82 Å². The quantitative estimate of drug-likeness (QED) is 0.595. The first-order valence-electron chi connectivity index (χ1n) is 7.75. The Morgan fingerprint density at radius 1 is 1.00 bits per heavy atom. The molecular formula is C14H26N4O2. The Kier molecular flexibility index (Phi) is 8.58. The summed E-state index contributed by atoms with van der Waals surface area (Å²) in [4.78, 5) is 10.8. The third-order valence-corrected chi connectivity index (χ3v) is 3.45. The van der Waals surface area contributed by atoms with Crippen LogP contribution >= 0.6 is 0 Å². The molecule has 1 N–H and O–H groups in total. The second-order valence-electron chi connectivity index (χ2n) is 5.21. The molecule has 0 fully saturated rings. The first-order valence-corrected chi connectivity index (χ1v) is 7.75. The molecule has 114 valence electrons. The monoisotopic (exact) mass is 282 g/mol. The van der Waals surface area contributed by atoms with E-state index in [9.17, 15) is 4.79 Å². The predicted octanol–water partition coefficient (Wildman–Crippen LogP) is 3.29. The lowest BCUT2D eigenvalue weighted by atomic mass is 10.1. The van der Waals surface area contributed by atoms with Crippen molar-refractivity contribution in [3.05, 3.63) is 5.82 Å². The summed E-state index contributed by atoms with van der Waals surface area (Å²) in [5.41, 5.74) is 0. The summed E-state index contributed by atoms with van der Waals surface area (Å²) in [5.74, 6) is -1.14. The van der Waals surface area contributed by atoms with Gasteiger partial charge in [0.05, 0.1) is 0 Å². The van der Waals surface area contributed by atoms with E-state index in [1.54, 1.807) is 0 Å². The van der Waals surface area contributed by atoms with Crippen LogP contribution in [-0.2, 0) is 6.54 Å². The van der Waals surface area contributed by atoms with Crippen LogP contribution in [0.3, 0.4) is 0 Å². The highest BCUT2D eigenvalue weighted by Gasteiger charge is 2.12. The van der Waals surface area contributed by atoms with E-state index in [0.717, 1.165) is 12.8 Å². The van der Waals surface area contributed by atoms with Gasteiger partial charge < -0.3 is 5.11 Å². The summed E-state index contributed by atoms with van der Waals surface area (Å²) in [7, 11) is 0. The predicted molar refractivity (Wildman–Crippen MR) is 76.6 cm³/mol. The van der Waals surface area contributed by atoms with Gasteiger partial charge in [-0.25, -0.2) is 9.48 Å². The summed E-state index contributed by atoms with van der Waals surface area (Å²) in [5, 5.41) is 19.4. The molecule has 6 heteroatoms. The Hall–Kier alpha value is -1.46. The molecule has 1 rings (SSSR count). The van der Waals surface area contributed by atoms with Gasteiger partial charge >= 0.3 is 5.97 Å². The first kappa shape index (κ1) is 16.6. The van der Waals surface area contributed by atoms with Crippen molar-refractivity contribution >= 4 is 5.97 Å². The van der Waals surface area contributed by atoms with E-state index in [4.69, 9.17) is 5.11 Å². The normalized spacial score (nSPS) is 10.8. The fraction of sp³-hybridized carbons (Fsp3) is 0.857. The van der Waals surface area contributed by atoms with Crippen LogP contribution in [-0.4, -0.2) is 31.3 Å². The van der Waals surface area contributed by atoms with Gasteiger partial charge in [0.15, 0.2) is 0 Å². The summed E-state index contributed by atoms with van der Waals surface area (Å²) in [6, 6.07) is 0. The van der Waals surface area contributed by atoms with Crippen LogP contribution in [0, 0.1) is 0 Å². The van der Waals surface area contributed by atoms with Gasteiger partial charge in [-0.2, -0.15) is 0 Å². The number of hydrogen-bond acceptors (Lipinski definition) is 4. The Labute approximate surface area is 120 Å². The van der Waals surface area contributed by atoms with Gasteiger partial charge in [0, 0.05) is 6.54 Å². The lowest BCUT2D eigenvalue weighted by molar-refractivity contribution is 0.0676. The number of nitrogens with zero attached hydrogens (tertiary/aromatic N) is 4. The number of carboxylic acids is 1. The zero-order valence-electron chi connectivity index (χ0n) is 12.4. The molecule has 0 amide bonds. The SMILES string of the molecule is CCCCCCCCCCCCn1nnnc1C(=O)O. The Balaban J connectivity index is 1.97. The average molecular weight is 282 g/mol. The Morgan fingerprint density at radius 2 is 1.55 bits per heavy atom. The molecule has 20 heavy (non-hydrogen) atoms. The van der Waals surface area contributed by atoms with Crippen LogP contribution < -0.4 is 0 Å². The Morgan fingerprint density at radius 3 is 2.10 bits per heavy atom. The zero-order chi connectivity index (χ0) is 14.6. The minimum Gasteiger partial charge on any atom is -0.475 e. The molecule has 1 aromatic rings. The van der Waals surface area contributed by atoms with E-state index >= 15 is 0 Å². The average Bonchev–Trinajstić information content (AvgIpc) is 2.89. The van der Waals surface area contributed by atoms with Crippen molar-refractivity contribution in [1.82, 2.24) is 20.2 Å². The largest absolute Gasteiger partial charge is 0.475 e. The lowest BCUT2D eigenvalue weighted by Crippen LogP contribution is -2.11. The summed E-state index contributed by atoms with van der Waals surface area (Å²) < 4.78 is 1.37. The molecule has 0 unspecified atom stereocenters. The standard InChI is InChI=1S/C14H26N4O2/c1-2-3-4-5-6-7-8-9-10-11-12-18-13(14(19)20)15-16-17-18/h2-12H2,1H3,(H,19,20). The third-order valence-electron chi connectivity index (χ3n) is 3.45. The van der Waals surface area contributed by atoms with Crippen molar-refractivity contribution in [1.29, 1.82) is 0 Å². The highest BCUT2D eigenvalue weighted by atomic mass is 16.4. The van der Waals surface area contributed by atoms with Crippen LogP contribution in [0.4, 0.5) is 0 Å². The smallest absolute Gasteiger partial charge is 0.375 e. The summed E-state index contributed by atoms with van der Waals surface area (Å²) in [6.45, 7) is 2.82. The zero-order valence-corrected chi connectivity index (χ0v) is 12.4. The van der Waals surface area contributed by atoms with Crippen molar-refractivity contribution in [2.24, 2.45) is 0 Å². The first-order chi connectivity index (χ1) is 9.75. The molecule has 0 aromatic carbocycles. The van der Waals surface area contributed by atoms with Crippen LogP contribution in [0.2, 0.25) is 0 Å². The second kappa shape index (κ2) is 10.3. The molecule has 1 aromatic heterocycles. The fourth-order valence-electron chi connectivity index (χ4n) is 2.26. The van der Waals surface area contributed by atoms with E-state index in [-0.39, 0.29) is 5.82 Å². The van der Waals surface area contributed by atoms with Crippen LogP contribution in [0.5, 0.6) is 0 Å². The van der Waals surface area contributed by atoms with E-state index in [2.05, 4.69) is 22.4 Å². The molecule has 0 aliphatic heterocycles. The fourth-order valence-corrected chi connectivity index (χ4v) is 2.26. The number of aryl methyl sites for hydroxylation is 1. The van der Waals surface area contributed by atoms with Crippen LogP contribution in [0.15, 0.2) is 0 Å². The number of tetrazole rings is 1. The van der Waals surface area contributed by atoms with Gasteiger partial charge in [-0.3, -0.25) is 0 Å². The van der Waals surface area contributed by atoms with E-state index in [0.29, 0.717) is 6.54 Å². The summed E-state index contributed by atoms with van der Waals surface area (Å²) >= 11 is 0. The molecule has 1 heterocycles. The lowest BCUT2D eigenvalue weighted by Gasteiger charge is -2.03. The molecule has 0 aliphatic rings. The van der Waals surface area contributed by atoms with Crippen molar-refractivity contribution < 1.29 is 9.90 Å². The molecule has 0 saturated carbocycles. The minimum atomic E-state index is -1.07. The molecule has 6 nitrogen and oxygen atoms in total. The van der Waals surface area contributed by atoms with Crippen molar-refractivity contribution in [2.45, 2.75) is 77.7 Å². The maximum atomic E-state index is 10.8. The molecule has 0 bridgehead atoms. The van der Waals surface area contributed by atoms with Crippen molar-refractivity contribution in [2.75, 3.05) is 0 Å². The van der Waals surface area contributed by atoms with E-state index in [1.165, 1.54) is 56.0 Å². The Bertz CT molecular complexity index is 379.